The van der Waals surface area contributed by atoms with E-state index < -0.39 is 11.6 Å². The van der Waals surface area contributed by atoms with E-state index in [1.165, 1.54) is 18.2 Å². The zero-order chi connectivity index (χ0) is 26.6. The number of hydrogen-bond acceptors (Lipinski definition) is 1. The first-order chi connectivity index (χ1) is 16.9. The zero-order valence-electron chi connectivity index (χ0n) is 21.7. The van der Waals surface area contributed by atoms with Crippen molar-refractivity contribution in [3.05, 3.63) is 111 Å². The van der Waals surface area contributed by atoms with Crippen molar-refractivity contribution in [3.63, 3.8) is 0 Å². The fourth-order valence-electron chi connectivity index (χ4n) is 4.72. The second-order valence-electron chi connectivity index (χ2n) is 10.2. The van der Waals surface area contributed by atoms with E-state index in [2.05, 4.69) is 18.8 Å². The first-order valence-corrected chi connectivity index (χ1v) is 12.4. The highest BCUT2D eigenvalue weighted by atomic mass is 19.1. The number of rotatable bonds is 10. The van der Waals surface area contributed by atoms with Crippen molar-refractivity contribution >= 4 is 5.69 Å². The Morgan fingerprint density at radius 2 is 1.42 bits per heavy atom. The number of benzene rings is 3. The number of hydrogen-bond donors (Lipinski definition) is 1. The Morgan fingerprint density at radius 1 is 0.778 bits per heavy atom. The van der Waals surface area contributed by atoms with Crippen molar-refractivity contribution in [2.75, 3.05) is 5.32 Å². The third-order valence-corrected chi connectivity index (χ3v) is 6.78. The molecule has 0 saturated carbocycles. The SMILES string of the molecule is C=C(C)Nc1cc(F)c(C(CC[C@@H](C)Cc2cc(C)c(C)cc2F)Cc2cc(F)cc(F)c2)cc1C. The van der Waals surface area contributed by atoms with Gasteiger partial charge in [-0.25, -0.2) is 17.6 Å². The van der Waals surface area contributed by atoms with Crippen LogP contribution in [-0.4, -0.2) is 0 Å². The van der Waals surface area contributed by atoms with Crippen LogP contribution in [0.25, 0.3) is 0 Å². The lowest BCUT2D eigenvalue weighted by atomic mass is 9.83. The monoisotopic (exact) mass is 497 g/mol. The van der Waals surface area contributed by atoms with Crippen LogP contribution in [0, 0.1) is 50.0 Å². The fourth-order valence-corrected chi connectivity index (χ4v) is 4.72. The Balaban J connectivity index is 1.86. The van der Waals surface area contributed by atoms with Gasteiger partial charge >= 0.3 is 0 Å². The van der Waals surface area contributed by atoms with Gasteiger partial charge in [-0.3, -0.25) is 0 Å². The average molecular weight is 498 g/mol. The lowest BCUT2D eigenvalue weighted by molar-refractivity contribution is 0.448. The molecule has 0 aromatic heterocycles. The van der Waals surface area contributed by atoms with E-state index in [9.17, 15) is 13.2 Å². The molecule has 3 rings (SSSR count). The smallest absolute Gasteiger partial charge is 0.128 e. The molecule has 192 valence electrons. The molecule has 0 heterocycles. The highest BCUT2D eigenvalue weighted by molar-refractivity contribution is 5.56. The standard InChI is InChI=1S/C31H35F4N/c1-18(2)36-31-17-30(35)28(11-22(31)6)24(13-23-14-26(32)16-27(33)15-23)8-7-19(3)9-25-10-20(4)21(5)12-29(25)34/h10-12,14-17,19,24,36H,1,7-9,13H2,2-6H3/t19-,24?/m1/s1. The highest BCUT2D eigenvalue weighted by Gasteiger charge is 2.21. The summed E-state index contributed by atoms with van der Waals surface area (Å²) in [7, 11) is 0. The number of anilines is 1. The Bertz CT molecular complexity index is 1230. The van der Waals surface area contributed by atoms with Gasteiger partial charge in [0.1, 0.15) is 23.3 Å². The van der Waals surface area contributed by atoms with Gasteiger partial charge in [0, 0.05) is 17.5 Å². The zero-order valence-corrected chi connectivity index (χ0v) is 21.7. The van der Waals surface area contributed by atoms with Gasteiger partial charge in [-0.2, -0.15) is 0 Å². The molecule has 0 spiro atoms. The number of aryl methyl sites for hydroxylation is 3. The van der Waals surface area contributed by atoms with Gasteiger partial charge in [0.05, 0.1) is 0 Å². The lowest BCUT2D eigenvalue weighted by Gasteiger charge is -2.23. The van der Waals surface area contributed by atoms with Crippen molar-refractivity contribution in [2.24, 2.45) is 5.92 Å². The second-order valence-corrected chi connectivity index (χ2v) is 10.2. The molecule has 3 aromatic carbocycles. The summed E-state index contributed by atoms with van der Waals surface area (Å²) in [6.45, 7) is 13.4. The van der Waals surface area contributed by atoms with Crippen LogP contribution in [0.3, 0.4) is 0 Å². The molecular formula is C31H35F4N. The minimum absolute atomic E-state index is 0.141. The first-order valence-electron chi connectivity index (χ1n) is 12.4. The maximum Gasteiger partial charge on any atom is 0.128 e. The molecule has 0 amide bonds. The van der Waals surface area contributed by atoms with Crippen molar-refractivity contribution < 1.29 is 17.6 Å². The van der Waals surface area contributed by atoms with Crippen LogP contribution in [0.5, 0.6) is 0 Å². The van der Waals surface area contributed by atoms with E-state index >= 15 is 4.39 Å². The van der Waals surface area contributed by atoms with Gasteiger partial charge in [-0.1, -0.05) is 25.6 Å². The molecule has 1 unspecified atom stereocenters. The van der Waals surface area contributed by atoms with E-state index in [-0.39, 0.29) is 23.5 Å². The molecule has 0 aliphatic heterocycles. The maximum absolute atomic E-state index is 15.3. The summed E-state index contributed by atoms with van der Waals surface area (Å²) in [6, 6.07) is 10.1. The molecule has 3 aromatic rings. The van der Waals surface area contributed by atoms with Crippen molar-refractivity contribution in [1.82, 2.24) is 0 Å². The van der Waals surface area contributed by atoms with E-state index in [0.29, 0.717) is 53.8 Å². The van der Waals surface area contributed by atoms with Gasteiger partial charge < -0.3 is 5.32 Å². The van der Waals surface area contributed by atoms with Crippen molar-refractivity contribution in [2.45, 2.75) is 66.2 Å². The molecule has 0 radical (unpaired) electrons. The molecule has 5 heteroatoms. The maximum atomic E-state index is 15.3. The van der Waals surface area contributed by atoms with Crippen LogP contribution in [0.1, 0.15) is 66.0 Å². The summed E-state index contributed by atoms with van der Waals surface area (Å²) in [5.41, 5.74) is 5.82. The molecule has 1 N–H and O–H groups in total. The lowest BCUT2D eigenvalue weighted by Crippen LogP contribution is -2.11. The molecule has 2 atom stereocenters. The summed E-state index contributed by atoms with van der Waals surface area (Å²) in [6.07, 6.45) is 2.16. The predicted octanol–water partition coefficient (Wildman–Crippen LogP) is 9.10. The van der Waals surface area contributed by atoms with Crippen LogP contribution in [0.2, 0.25) is 0 Å². The number of allylic oxidation sites excluding steroid dienone is 1. The molecule has 1 nitrogen and oxygen atoms in total. The Morgan fingerprint density at radius 3 is 2.06 bits per heavy atom. The first kappa shape index (κ1) is 27.5. The summed E-state index contributed by atoms with van der Waals surface area (Å²) in [5, 5.41) is 3.07. The third kappa shape index (κ3) is 7.22. The van der Waals surface area contributed by atoms with Gasteiger partial charge in [0.15, 0.2) is 0 Å². The topological polar surface area (TPSA) is 12.0 Å². The summed E-state index contributed by atoms with van der Waals surface area (Å²) in [4.78, 5) is 0. The van der Waals surface area contributed by atoms with Gasteiger partial charge in [0.2, 0.25) is 0 Å². The van der Waals surface area contributed by atoms with Crippen LogP contribution < -0.4 is 5.32 Å². The predicted molar refractivity (Wildman–Crippen MR) is 140 cm³/mol. The molecule has 0 aliphatic carbocycles. The van der Waals surface area contributed by atoms with Gasteiger partial charge in [-0.05, 0) is 123 Å². The Kier molecular flexibility index (Phi) is 8.99. The largest absolute Gasteiger partial charge is 0.359 e. The second kappa shape index (κ2) is 11.8. The Hall–Kier alpha value is -3.08. The summed E-state index contributed by atoms with van der Waals surface area (Å²) in [5.74, 6) is -2.05. The quantitative estimate of drug-likeness (QED) is 0.275. The molecule has 0 aliphatic rings. The fraction of sp³-hybridized carbons (Fsp3) is 0.355. The molecule has 0 bridgehead atoms. The molecular weight excluding hydrogens is 462 g/mol. The number of nitrogens with one attached hydrogen (secondary N) is 1. The van der Waals surface area contributed by atoms with Crippen molar-refractivity contribution in [1.29, 1.82) is 0 Å². The van der Waals surface area contributed by atoms with E-state index in [4.69, 9.17) is 0 Å². The minimum atomic E-state index is -0.653. The van der Waals surface area contributed by atoms with Crippen LogP contribution in [-0.2, 0) is 12.8 Å². The minimum Gasteiger partial charge on any atom is -0.359 e. The van der Waals surface area contributed by atoms with E-state index in [1.807, 2.05) is 26.8 Å². The van der Waals surface area contributed by atoms with Crippen LogP contribution in [0.15, 0.2) is 54.7 Å². The van der Waals surface area contributed by atoms with Crippen LogP contribution >= 0.6 is 0 Å². The third-order valence-electron chi connectivity index (χ3n) is 6.78. The van der Waals surface area contributed by atoms with Gasteiger partial charge in [-0.15, -0.1) is 0 Å². The molecule has 0 fully saturated rings. The Labute approximate surface area is 212 Å². The highest BCUT2D eigenvalue weighted by Crippen LogP contribution is 2.34. The molecule has 0 saturated heterocycles. The van der Waals surface area contributed by atoms with Crippen molar-refractivity contribution in [3.8, 4) is 0 Å². The normalized spacial score (nSPS) is 12.9. The molecule has 36 heavy (non-hydrogen) atoms. The number of halogens is 4. The van der Waals surface area contributed by atoms with Crippen LogP contribution in [0.4, 0.5) is 23.2 Å². The van der Waals surface area contributed by atoms with Gasteiger partial charge in [0.25, 0.3) is 0 Å². The van der Waals surface area contributed by atoms with E-state index in [0.717, 1.165) is 22.8 Å². The summed E-state index contributed by atoms with van der Waals surface area (Å²) >= 11 is 0. The summed E-state index contributed by atoms with van der Waals surface area (Å²) < 4.78 is 57.6. The van der Waals surface area contributed by atoms with E-state index in [1.54, 1.807) is 19.1 Å². The average Bonchev–Trinajstić information content (AvgIpc) is 2.76.